The number of para-hydroxylation sites is 1. The molecule has 2 aromatic rings. The van der Waals surface area contributed by atoms with Gasteiger partial charge in [-0.05, 0) is 18.6 Å². The molecule has 2 N–H and O–H groups in total. The van der Waals surface area contributed by atoms with Gasteiger partial charge in [-0.2, -0.15) is 0 Å². The van der Waals surface area contributed by atoms with Crippen molar-refractivity contribution in [3.8, 4) is 5.75 Å². The summed E-state index contributed by atoms with van der Waals surface area (Å²) in [5, 5.41) is 13.9. The van der Waals surface area contributed by atoms with E-state index < -0.39 is 0 Å². The number of anilines is 1. The molecule has 1 aromatic carbocycles. The van der Waals surface area contributed by atoms with Crippen LogP contribution in [0.5, 0.6) is 5.75 Å². The Labute approximate surface area is 88.8 Å². The van der Waals surface area contributed by atoms with Crippen molar-refractivity contribution in [1.82, 2.24) is 4.98 Å². The van der Waals surface area contributed by atoms with E-state index in [1.54, 1.807) is 12.3 Å². The lowest BCUT2D eigenvalue weighted by Gasteiger charge is -2.08. The molecule has 15 heavy (non-hydrogen) atoms. The minimum atomic E-state index is 0.229. The van der Waals surface area contributed by atoms with Gasteiger partial charge in [-0.15, -0.1) is 0 Å². The van der Waals surface area contributed by atoms with Gasteiger partial charge in [0.25, 0.3) is 0 Å². The average Bonchev–Trinajstić information content (AvgIpc) is 2.27. The molecule has 0 saturated carbocycles. The van der Waals surface area contributed by atoms with Gasteiger partial charge in [-0.3, -0.25) is 4.98 Å². The summed E-state index contributed by atoms with van der Waals surface area (Å²) in [5.41, 5.74) is 1.68. The number of rotatable bonds is 3. The first-order valence-electron chi connectivity index (χ1n) is 5.13. The van der Waals surface area contributed by atoms with Gasteiger partial charge in [0, 0.05) is 23.8 Å². The zero-order valence-electron chi connectivity index (χ0n) is 8.70. The van der Waals surface area contributed by atoms with Crippen molar-refractivity contribution in [2.75, 3.05) is 11.9 Å². The highest BCUT2D eigenvalue weighted by Crippen LogP contribution is 2.27. The van der Waals surface area contributed by atoms with E-state index in [-0.39, 0.29) is 5.75 Å². The maximum absolute atomic E-state index is 9.63. The zero-order valence-corrected chi connectivity index (χ0v) is 8.70. The van der Waals surface area contributed by atoms with E-state index in [0.29, 0.717) is 5.52 Å². The van der Waals surface area contributed by atoms with E-state index >= 15 is 0 Å². The van der Waals surface area contributed by atoms with E-state index in [1.807, 2.05) is 18.2 Å². The standard InChI is InChI=1S/C12H14N2O/c1-2-7-13-10-6-8-14-12-9(10)4-3-5-11(12)15/h3-6,8,15H,2,7H2,1H3,(H,13,14). The Morgan fingerprint density at radius 3 is 3.00 bits per heavy atom. The molecule has 0 saturated heterocycles. The summed E-state index contributed by atoms with van der Waals surface area (Å²) in [4.78, 5) is 4.16. The molecule has 3 nitrogen and oxygen atoms in total. The molecule has 0 bridgehead atoms. The van der Waals surface area contributed by atoms with Crippen LogP contribution in [-0.4, -0.2) is 16.6 Å². The van der Waals surface area contributed by atoms with Crippen LogP contribution in [-0.2, 0) is 0 Å². The van der Waals surface area contributed by atoms with Crippen LogP contribution in [0.15, 0.2) is 30.5 Å². The second kappa shape index (κ2) is 4.17. The van der Waals surface area contributed by atoms with Crippen LogP contribution in [0.2, 0.25) is 0 Å². The third-order valence-corrected chi connectivity index (χ3v) is 2.32. The number of hydrogen-bond donors (Lipinski definition) is 2. The SMILES string of the molecule is CCCNc1ccnc2c(O)cccc12. The van der Waals surface area contributed by atoms with Crippen LogP contribution < -0.4 is 5.32 Å². The van der Waals surface area contributed by atoms with E-state index in [0.717, 1.165) is 24.0 Å². The highest BCUT2D eigenvalue weighted by molar-refractivity contribution is 5.94. The van der Waals surface area contributed by atoms with E-state index in [9.17, 15) is 5.11 Å². The largest absolute Gasteiger partial charge is 0.506 e. The summed E-state index contributed by atoms with van der Waals surface area (Å²) in [7, 11) is 0. The second-order valence-corrected chi connectivity index (χ2v) is 3.46. The molecule has 0 spiro atoms. The molecule has 0 aliphatic rings. The summed E-state index contributed by atoms with van der Waals surface area (Å²) >= 11 is 0. The number of phenols is 1. The van der Waals surface area contributed by atoms with Gasteiger partial charge in [0.2, 0.25) is 0 Å². The molecule has 0 atom stereocenters. The Balaban J connectivity index is 2.51. The number of hydrogen-bond acceptors (Lipinski definition) is 3. The number of pyridine rings is 1. The lowest BCUT2D eigenvalue weighted by molar-refractivity contribution is 0.480. The van der Waals surface area contributed by atoms with E-state index in [4.69, 9.17) is 0 Å². The van der Waals surface area contributed by atoms with Gasteiger partial charge >= 0.3 is 0 Å². The molecule has 3 heteroatoms. The molecule has 0 unspecified atom stereocenters. The summed E-state index contributed by atoms with van der Waals surface area (Å²) in [5.74, 6) is 0.229. The maximum Gasteiger partial charge on any atom is 0.141 e. The Bertz CT molecular complexity index is 468. The van der Waals surface area contributed by atoms with Crippen molar-refractivity contribution < 1.29 is 5.11 Å². The summed E-state index contributed by atoms with van der Waals surface area (Å²) in [6.45, 7) is 3.04. The van der Waals surface area contributed by atoms with Crippen LogP contribution in [0, 0.1) is 0 Å². The van der Waals surface area contributed by atoms with Crippen molar-refractivity contribution in [2.24, 2.45) is 0 Å². The Morgan fingerprint density at radius 2 is 2.20 bits per heavy atom. The second-order valence-electron chi connectivity index (χ2n) is 3.46. The predicted molar refractivity (Wildman–Crippen MR) is 62.2 cm³/mol. The number of aromatic nitrogens is 1. The lowest BCUT2D eigenvalue weighted by Crippen LogP contribution is -2.00. The van der Waals surface area contributed by atoms with Crippen molar-refractivity contribution in [3.63, 3.8) is 0 Å². The zero-order chi connectivity index (χ0) is 10.7. The first kappa shape index (κ1) is 9.77. The predicted octanol–water partition coefficient (Wildman–Crippen LogP) is 2.76. The normalized spacial score (nSPS) is 10.5. The highest BCUT2D eigenvalue weighted by Gasteiger charge is 2.03. The topological polar surface area (TPSA) is 45.2 Å². The fourth-order valence-electron chi connectivity index (χ4n) is 1.57. The fourth-order valence-corrected chi connectivity index (χ4v) is 1.57. The molecule has 0 amide bonds. The number of fused-ring (bicyclic) bond motifs is 1. The highest BCUT2D eigenvalue weighted by atomic mass is 16.3. The molecule has 78 valence electrons. The van der Waals surface area contributed by atoms with Crippen molar-refractivity contribution in [1.29, 1.82) is 0 Å². The van der Waals surface area contributed by atoms with Crippen LogP contribution in [0.1, 0.15) is 13.3 Å². The molecule has 1 aromatic heterocycles. The number of phenolic OH excluding ortho intramolecular Hbond substituents is 1. The fraction of sp³-hybridized carbons (Fsp3) is 0.250. The maximum atomic E-state index is 9.63. The summed E-state index contributed by atoms with van der Waals surface area (Å²) < 4.78 is 0. The Morgan fingerprint density at radius 1 is 1.33 bits per heavy atom. The Kier molecular flexibility index (Phi) is 2.72. The smallest absolute Gasteiger partial charge is 0.141 e. The third kappa shape index (κ3) is 1.86. The van der Waals surface area contributed by atoms with Gasteiger partial charge in [0.05, 0.1) is 0 Å². The lowest BCUT2D eigenvalue weighted by atomic mass is 10.1. The van der Waals surface area contributed by atoms with Gasteiger partial charge in [0.15, 0.2) is 0 Å². The molecule has 0 fully saturated rings. The first-order chi connectivity index (χ1) is 7.33. The van der Waals surface area contributed by atoms with Crippen molar-refractivity contribution in [3.05, 3.63) is 30.5 Å². The number of nitrogens with zero attached hydrogens (tertiary/aromatic N) is 1. The molecule has 0 aliphatic heterocycles. The van der Waals surface area contributed by atoms with Crippen LogP contribution in [0.3, 0.4) is 0 Å². The number of nitrogens with one attached hydrogen (secondary N) is 1. The molecule has 1 heterocycles. The van der Waals surface area contributed by atoms with Gasteiger partial charge < -0.3 is 10.4 Å². The van der Waals surface area contributed by atoms with Crippen LogP contribution >= 0.6 is 0 Å². The van der Waals surface area contributed by atoms with Crippen molar-refractivity contribution >= 4 is 16.6 Å². The van der Waals surface area contributed by atoms with Crippen LogP contribution in [0.4, 0.5) is 5.69 Å². The minimum Gasteiger partial charge on any atom is -0.506 e. The van der Waals surface area contributed by atoms with E-state index in [1.165, 1.54) is 0 Å². The first-order valence-corrected chi connectivity index (χ1v) is 5.13. The Hall–Kier alpha value is -1.77. The quantitative estimate of drug-likeness (QED) is 0.804. The monoisotopic (exact) mass is 202 g/mol. The number of aromatic hydroxyl groups is 1. The van der Waals surface area contributed by atoms with E-state index in [2.05, 4.69) is 17.2 Å². The van der Waals surface area contributed by atoms with Gasteiger partial charge in [-0.25, -0.2) is 0 Å². The third-order valence-electron chi connectivity index (χ3n) is 2.32. The molecule has 0 radical (unpaired) electrons. The minimum absolute atomic E-state index is 0.229. The van der Waals surface area contributed by atoms with Gasteiger partial charge in [-0.1, -0.05) is 19.1 Å². The molecular weight excluding hydrogens is 188 g/mol. The molecule has 2 rings (SSSR count). The van der Waals surface area contributed by atoms with Crippen molar-refractivity contribution in [2.45, 2.75) is 13.3 Å². The average molecular weight is 202 g/mol. The molecule has 0 aliphatic carbocycles. The molecular formula is C12H14N2O. The number of benzene rings is 1. The van der Waals surface area contributed by atoms with Crippen LogP contribution in [0.25, 0.3) is 10.9 Å². The summed E-state index contributed by atoms with van der Waals surface area (Å²) in [6.07, 6.45) is 2.78. The van der Waals surface area contributed by atoms with Gasteiger partial charge in [0.1, 0.15) is 11.3 Å². The summed E-state index contributed by atoms with van der Waals surface area (Å²) in [6, 6.07) is 7.37.